The third kappa shape index (κ3) is 4.00. The highest BCUT2D eigenvalue weighted by Gasteiger charge is 2.04. The summed E-state index contributed by atoms with van der Waals surface area (Å²) >= 11 is 7.36. The van der Waals surface area contributed by atoms with Crippen molar-refractivity contribution in [2.75, 3.05) is 11.6 Å². The number of hydrogen-bond acceptors (Lipinski definition) is 4. The van der Waals surface area contributed by atoms with Crippen molar-refractivity contribution in [2.24, 2.45) is 0 Å². The molecule has 0 fully saturated rings. The zero-order valence-electron chi connectivity index (χ0n) is 7.62. The summed E-state index contributed by atoms with van der Waals surface area (Å²) in [5, 5.41) is 3.84. The Morgan fingerprint density at radius 2 is 2.38 bits per heavy atom. The van der Waals surface area contributed by atoms with Gasteiger partial charge >= 0.3 is 0 Å². The SMILES string of the molecule is CCCSCc1noc(CCCl)n1. The van der Waals surface area contributed by atoms with Crippen molar-refractivity contribution < 1.29 is 4.52 Å². The second-order valence-corrected chi connectivity index (χ2v) is 4.08. The Morgan fingerprint density at radius 3 is 3.08 bits per heavy atom. The van der Waals surface area contributed by atoms with Crippen molar-refractivity contribution >= 4 is 23.4 Å². The van der Waals surface area contributed by atoms with Crippen LogP contribution in [-0.2, 0) is 12.2 Å². The standard InChI is InChI=1S/C8H13ClN2OS/c1-2-5-13-6-7-10-8(3-4-9)12-11-7/h2-6H2,1H3. The number of alkyl halides is 1. The van der Waals surface area contributed by atoms with Crippen LogP contribution in [0.15, 0.2) is 4.52 Å². The molecule has 74 valence electrons. The molecule has 1 aromatic rings. The van der Waals surface area contributed by atoms with Gasteiger partial charge in [0.15, 0.2) is 5.82 Å². The van der Waals surface area contributed by atoms with E-state index in [0.717, 1.165) is 17.3 Å². The van der Waals surface area contributed by atoms with Crippen molar-refractivity contribution in [3.05, 3.63) is 11.7 Å². The number of hydrogen-bond donors (Lipinski definition) is 0. The molecule has 0 radical (unpaired) electrons. The summed E-state index contributed by atoms with van der Waals surface area (Å²) in [5.41, 5.74) is 0. The Hall–Kier alpha value is -0.220. The largest absolute Gasteiger partial charge is 0.339 e. The normalized spacial score (nSPS) is 10.6. The van der Waals surface area contributed by atoms with Gasteiger partial charge in [0.2, 0.25) is 5.89 Å². The van der Waals surface area contributed by atoms with Crippen LogP contribution in [0.25, 0.3) is 0 Å². The van der Waals surface area contributed by atoms with E-state index in [1.807, 2.05) is 11.8 Å². The molecular weight excluding hydrogens is 208 g/mol. The van der Waals surface area contributed by atoms with Crippen molar-refractivity contribution in [3.63, 3.8) is 0 Å². The van der Waals surface area contributed by atoms with Crippen LogP contribution in [-0.4, -0.2) is 21.8 Å². The van der Waals surface area contributed by atoms with Crippen LogP contribution in [0.4, 0.5) is 0 Å². The molecule has 13 heavy (non-hydrogen) atoms. The molecule has 0 unspecified atom stereocenters. The number of nitrogens with zero attached hydrogens (tertiary/aromatic N) is 2. The van der Waals surface area contributed by atoms with Crippen molar-refractivity contribution in [2.45, 2.75) is 25.5 Å². The third-order valence-electron chi connectivity index (χ3n) is 1.40. The molecular formula is C8H13ClN2OS. The summed E-state index contributed by atoms with van der Waals surface area (Å²) in [5.74, 6) is 3.92. The minimum Gasteiger partial charge on any atom is -0.339 e. The molecule has 0 aliphatic carbocycles. The predicted molar refractivity (Wildman–Crippen MR) is 55.2 cm³/mol. The van der Waals surface area contributed by atoms with Gasteiger partial charge in [-0.25, -0.2) is 0 Å². The first kappa shape index (κ1) is 10.9. The highest BCUT2D eigenvalue weighted by Crippen LogP contribution is 2.10. The van der Waals surface area contributed by atoms with E-state index >= 15 is 0 Å². The molecule has 0 aliphatic rings. The number of aromatic nitrogens is 2. The van der Waals surface area contributed by atoms with Gasteiger partial charge in [-0.3, -0.25) is 0 Å². The van der Waals surface area contributed by atoms with Gasteiger partial charge in [-0.1, -0.05) is 12.1 Å². The average Bonchev–Trinajstić information content (AvgIpc) is 2.54. The van der Waals surface area contributed by atoms with Crippen molar-refractivity contribution in [1.82, 2.24) is 10.1 Å². The first-order valence-corrected chi connectivity index (χ1v) is 6.01. The first-order chi connectivity index (χ1) is 6.36. The molecule has 1 aromatic heterocycles. The van der Waals surface area contributed by atoms with E-state index in [0.29, 0.717) is 18.2 Å². The summed E-state index contributed by atoms with van der Waals surface area (Å²) in [7, 11) is 0. The fourth-order valence-electron chi connectivity index (χ4n) is 0.839. The molecule has 0 saturated carbocycles. The highest BCUT2D eigenvalue weighted by molar-refractivity contribution is 7.98. The van der Waals surface area contributed by atoms with Gasteiger partial charge in [0.05, 0.1) is 5.75 Å². The van der Waals surface area contributed by atoms with Crippen molar-refractivity contribution in [3.8, 4) is 0 Å². The molecule has 0 amide bonds. The van der Waals surface area contributed by atoms with Gasteiger partial charge in [-0.15, -0.1) is 11.6 Å². The molecule has 0 bridgehead atoms. The second kappa shape index (κ2) is 6.27. The highest BCUT2D eigenvalue weighted by atomic mass is 35.5. The van der Waals surface area contributed by atoms with E-state index in [9.17, 15) is 0 Å². The van der Waals surface area contributed by atoms with Crippen LogP contribution >= 0.6 is 23.4 Å². The van der Waals surface area contributed by atoms with Gasteiger partial charge < -0.3 is 4.52 Å². The number of halogens is 1. The predicted octanol–water partition coefficient (Wildman–Crippen LogP) is 2.49. The summed E-state index contributed by atoms with van der Waals surface area (Å²) in [4.78, 5) is 4.19. The lowest BCUT2D eigenvalue weighted by molar-refractivity contribution is 0.378. The molecule has 0 atom stereocenters. The lowest BCUT2D eigenvalue weighted by Gasteiger charge is -1.91. The van der Waals surface area contributed by atoms with E-state index in [-0.39, 0.29) is 0 Å². The maximum atomic E-state index is 5.54. The summed E-state index contributed by atoms with van der Waals surface area (Å²) in [6.07, 6.45) is 1.84. The summed E-state index contributed by atoms with van der Waals surface area (Å²) in [6, 6.07) is 0. The van der Waals surface area contributed by atoms with Gasteiger partial charge in [-0.2, -0.15) is 16.7 Å². The second-order valence-electron chi connectivity index (χ2n) is 2.60. The van der Waals surface area contributed by atoms with Crippen LogP contribution in [0.5, 0.6) is 0 Å². The Bertz CT molecular complexity index is 242. The fourth-order valence-corrected chi connectivity index (χ4v) is 1.73. The molecule has 0 N–H and O–H groups in total. The molecule has 0 aliphatic heterocycles. The molecule has 0 saturated heterocycles. The Labute approximate surface area is 87.2 Å². The quantitative estimate of drug-likeness (QED) is 0.546. The average molecular weight is 221 g/mol. The summed E-state index contributed by atoms with van der Waals surface area (Å²) < 4.78 is 4.98. The van der Waals surface area contributed by atoms with Gasteiger partial charge in [0.25, 0.3) is 0 Å². The Kier molecular flexibility index (Phi) is 5.23. The molecule has 0 spiro atoms. The van der Waals surface area contributed by atoms with Crippen LogP contribution in [0, 0.1) is 0 Å². The number of thioether (sulfide) groups is 1. The molecule has 1 heterocycles. The first-order valence-electron chi connectivity index (χ1n) is 4.32. The smallest absolute Gasteiger partial charge is 0.227 e. The molecule has 1 rings (SSSR count). The number of aryl methyl sites for hydroxylation is 1. The zero-order valence-corrected chi connectivity index (χ0v) is 9.20. The lowest BCUT2D eigenvalue weighted by Crippen LogP contribution is -1.88. The molecule has 5 heteroatoms. The van der Waals surface area contributed by atoms with E-state index in [4.69, 9.17) is 16.1 Å². The topological polar surface area (TPSA) is 38.9 Å². The fraction of sp³-hybridized carbons (Fsp3) is 0.750. The third-order valence-corrected chi connectivity index (χ3v) is 2.75. The van der Waals surface area contributed by atoms with Gasteiger partial charge in [-0.05, 0) is 12.2 Å². The maximum absolute atomic E-state index is 5.54. The van der Waals surface area contributed by atoms with E-state index in [1.165, 1.54) is 6.42 Å². The Balaban J connectivity index is 2.31. The van der Waals surface area contributed by atoms with E-state index in [1.54, 1.807) is 0 Å². The number of rotatable bonds is 6. The van der Waals surface area contributed by atoms with E-state index in [2.05, 4.69) is 17.1 Å². The molecule has 3 nitrogen and oxygen atoms in total. The van der Waals surface area contributed by atoms with Crippen LogP contribution in [0.1, 0.15) is 25.1 Å². The van der Waals surface area contributed by atoms with E-state index < -0.39 is 0 Å². The minimum atomic E-state index is 0.531. The lowest BCUT2D eigenvalue weighted by atomic mass is 10.5. The summed E-state index contributed by atoms with van der Waals surface area (Å²) in [6.45, 7) is 2.15. The molecule has 0 aromatic carbocycles. The monoisotopic (exact) mass is 220 g/mol. The van der Waals surface area contributed by atoms with Crippen LogP contribution in [0.3, 0.4) is 0 Å². The van der Waals surface area contributed by atoms with Gasteiger partial charge in [0, 0.05) is 12.3 Å². The van der Waals surface area contributed by atoms with Crippen LogP contribution < -0.4 is 0 Å². The van der Waals surface area contributed by atoms with Gasteiger partial charge in [0.1, 0.15) is 0 Å². The minimum absolute atomic E-state index is 0.531. The van der Waals surface area contributed by atoms with Crippen LogP contribution in [0.2, 0.25) is 0 Å². The van der Waals surface area contributed by atoms with Crippen molar-refractivity contribution in [1.29, 1.82) is 0 Å². The Morgan fingerprint density at radius 1 is 1.54 bits per heavy atom. The zero-order chi connectivity index (χ0) is 9.52. The maximum Gasteiger partial charge on any atom is 0.227 e.